The number of anilines is 2. The van der Waals surface area contributed by atoms with Crippen molar-refractivity contribution in [2.45, 2.75) is 13.8 Å². The SMILES string of the molecule is Cc1cccc(C)c1NC(=O)Nc1ccon1. The number of hydrogen-bond acceptors (Lipinski definition) is 3. The molecule has 0 atom stereocenters. The van der Waals surface area contributed by atoms with Gasteiger partial charge in [0.2, 0.25) is 0 Å². The molecule has 5 nitrogen and oxygen atoms in total. The van der Waals surface area contributed by atoms with Crippen LogP contribution < -0.4 is 10.6 Å². The van der Waals surface area contributed by atoms with Crippen LogP contribution in [0.15, 0.2) is 35.1 Å². The lowest BCUT2D eigenvalue weighted by molar-refractivity contribution is 0.262. The van der Waals surface area contributed by atoms with Crippen LogP contribution in [0.1, 0.15) is 11.1 Å². The topological polar surface area (TPSA) is 67.2 Å². The molecule has 2 rings (SSSR count). The Bertz CT molecular complexity index is 500. The first-order chi connectivity index (χ1) is 8.16. The number of carbonyl (C=O) groups is 1. The second-order valence-corrected chi connectivity index (χ2v) is 3.73. The Balaban J connectivity index is 2.08. The molecule has 1 heterocycles. The monoisotopic (exact) mass is 231 g/mol. The van der Waals surface area contributed by atoms with E-state index in [9.17, 15) is 4.79 Å². The van der Waals surface area contributed by atoms with E-state index in [-0.39, 0.29) is 6.03 Å². The number of aryl methyl sites for hydroxylation is 2. The minimum atomic E-state index is -0.337. The van der Waals surface area contributed by atoms with Crippen LogP contribution in [0.25, 0.3) is 0 Å². The van der Waals surface area contributed by atoms with Gasteiger partial charge in [-0.2, -0.15) is 0 Å². The van der Waals surface area contributed by atoms with Gasteiger partial charge in [-0.1, -0.05) is 23.4 Å². The van der Waals surface area contributed by atoms with Crippen LogP contribution in [0.5, 0.6) is 0 Å². The zero-order valence-corrected chi connectivity index (χ0v) is 9.65. The molecule has 0 saturated carbocycles. The molecule has 0 aliphatic rings. The summed E-state index contributed by atoms with van der Waals surface area (Å²) in [5.74, 6) is 0.383. The molecule has 17 heavy (non-hydrogen) atoms. The molecule has 0 aliphatic carbocycles. The summed E-state index contributed by atoms with van der Waals surface area (Å²) in [5, 5.41) is 8.95. The third-order valence-corrected chi connectivity index (χ3v) is 2.40. The van der Waals surface area contributed by atoms with Gasteiger partial charge in [0.15, 0.2) is 5.82 Å². The van der Waals surface area contributed by atoms with Crippen molar-refractivity contribution in [1.29, 1.82) is 0 Å². The van der Waals surface area contributed by atoms with Gasteiger partial charge in [0.1, 0.15) is 6.26 Å². The van der Waals surface area contributed by atoms with E-state index in [0.29, 0.717) is 5.82 Å². The van der Waals surface area contributed by atoms with Crippen LogP contribution in [-0.4, -0.2) is 11.2 Å². The molecule has 0 saturated heterocycles. The van der Waals surface area contributed by atoms with Gasteiger partial charge in [-0.05, 0) is 25.0 Å². The summed E-state index contributed by atoms with van der Waals surface area (Å²) in [6, 6.07) is 7.07. The number of benzene rings is 1. The number of rotatable bonds is 2. The molecular formula is C12H13N3O2. The first-order valence-corrected chi connectivity index (χ1v) is 5.21. The molecule has 0 spiro atoms. The summed E-state index contributed by atoms with van der Waals surface area (Å²) >= 11 is 0. The van der Waals surface area contributed by atoms with E-state index in [1.807, 2.05) is 32.0 Å². The van der Waals surface area contributed by atoms with E-state index >= 15 is 0 Å². The van der Waals surface area contributed by atoms with Crippen molar-refractivity contribution in [3.63, 3.8) is 0 Å². The average Bonchev–Trinajstić information content (AvgIpc) is 2.76. The van der Waals surface area contributed by atoms with Gasteiger partial charge < -0.3 is 9.84 Å². The van der Waals surface area contributed by atoms with Crippen molar-refractivity contribution < 1.29 is 9.32 Å². The fourth-order valence-electron chi connectivity index (χ4n) is 1.55. The zero-order chi connectivity index (χ0) is 12.3. The van der Waals surface area contributed by atoms with Crippen LogP contribution in [0.4, 0.5) is 16.3 Å². The maximum absolute atomic E-state index is 11.7. The first-order valence-electron chi connectivity index (χ1n) is 5.21. The number of amides is 2. The van der Waals surface area contributed by atoms with E-state index in [1.165, 1.54) is 6.26 Å². The van der Waals surface area contributed by atoms with Crippen molar-refractivity contribution in [3.05, 3.63) is 41.7 Å². The molecule has 0 radical (unpaired) electrons. The highest BCUT2D eigenvalue weighted by atomic mass is 16.5. The maximum Gasteiger partial charge on any atom is 0.324 e. The molecular weight excluding hydrogens is 218 g/mol. The molecule has 2 aromatic rings. The second kappa shape index (κ2) is 4.69. The molecule has 0 bridgehead atoms. The number of nitrogens with one attached hydrogen (secondary N) is 2. The summed E-state index contributed by atoms with van der Waals surface area (Å²) in [4.78, 5) is 11.7. The van der Waals surface area contributed by atoms with Crippen LogP contribution in [0.2, 0.25) is 0 Å². The van der Waals surface area contributed by atoms with Crippen LogP contribution >= 0.6 is 0 Å². The Kier molecular flexibility index (Phi) is 3.09. The van der Waals surface area contributed by atoms with Crippen molar-refractivity contribution in [1.82, 2.24) is 5.16 Å². The Morgan fingerprint density at radius 1 is 1.18 bits per heavy atom. The lowest BCUT2D eigenvalue weighted by Crippen LogP contribution is -2.20. The summed E-state index contributed by atoms with van der Waals surface area (Å²) in [5.41, 5.74) is 2.84. The fraction of sp³-hybridized carbons (Fsp3) is 0.167. The van der Waals surface area contributed by atoms with Crippen molar-refractivity contribution in [2.24, 2.45) is 0 Å². The molecule has 0 fully saturated rings. The van der Waals surface area contributed by atoms with E-state index in [2.05, 4.69) is 20.3 Å². The van der Waals surface area contributed by atoms with Crippen LogP contribution in [0, 0.1) is 13.8 Å². The lowest BCUT2D eigenvalue weighted by Gasteiger charge is -2.11. The van der Waals surface area contributed by atoms with Crippen molar-refractivity contribution in [3.8, 4) is 0 Å². The van der Waals surface area contributed by atoms with Gasteiger partial charge in [0.05, 0.1) is 0 Å². The molecule has 2 amide bonds. The third-order valence-electron chi connectivity index (χ3n) is 2.40. The normalized spacial score (nSPS) is 10.0. The second-order valence-electron chi connectivity index (χ2n) is 3.73. The van der Waals surface area contributed by atoms with E-state index in [0.717, 1.165) is 16.8 Å². The fourth-order valence-corrected chi connectivity index (χ4v) is 1.55. The number of nitrogens with zero attached hydrogens (tertiary/aromatic N) is 1. The van der Waals surface area contributed by atoms with Gasteiger partial charge in [-0.3, -0.25) is 5.32 Å². The molecule has 1 aromatic heterocycles. The van der Waals surface area contributed by atoms with Crippen LogP contribution in [0.3, 0.4) is 0 Å². The summed E-state index contributed by atoms with van der Waals surface area (Å²) in [6.07, 6.45) is 1.40. The van der Waals surface area contributed by atoms with Crippen molar-refractivity contribution >= 4 is 17.5 Å². The Hall–Kier alpha value is -2.30. The Morgan fingerprint density at radius 2 is 1.88 bits per heavy atom. The predicted octanol–water partition coefficient (Wildman–Crippen LogP) is 2.94. The molecule has 0 aliphatic heterocycles. The minimum absolute atomic E-state index is 0.337. The smallest absolute Gasteiger partial charge is 0.324 e. The summed E-state index contributed by atoms with van der Waals surface area (Å²) in [6.45, 7) is 3.89. The molecule has 2 N–H and O–H groups in total. The lowest BCUT2D eigenvalue weighted by atomic mass is 10.1. The quantitative estimate of drug-likeness (QED) is 0.835. The van der Waals surface area contributed by atoms with Gasteiger partial charge in [0, 0.05) is 11.8 Å². The number of para-hydroxylation sites is 1. The van der Waals surface area contributed by atoms with Gasteiger partial charge >= 0.3 is 6.03 Å². The highest BCUT2D eigenvalue weighted by Gasteiger charge is 2.08. The number of carbonyl (C=O) groups excluding carboxylic acids is 1. The highest BCUT2D eigenvalue weighted by Crippen LogP contribution is 2.19. The zero-order valence-electron chi connectivity index (χ0n) is 9.65. The predicted molar refractivity (Wildman–Crippen MR) is 65.1 cm³/mol. The largest absolute Gasteiger partial charge is 0.363 e. The van der Waals surface area contributed by atoms with E-state index < -0.39 is 0 Å². The van der Waals surface area contributed by atoms with E-state index in [1.54, 1.807) is 6.07 Å². The Labute approximate surface area is 98.8 Å². The van der Waals surface area contributed by atoms with Gasteiger partial charge in [-0.25, -0.2) is 4.79 Å². The molecule has 0 unspecified atom stereocenters. The first kappa shape index (κ1) is 11.2. The number of urea groups is 1. The number of aromatic nitrogens is 1. The average molecular weight is 231 g/mol. The Morgan fingerprint density at radius 3 is 2.47 bits per heavy atom. The summed E-state index contributed by atoms with van der Waals surface area (Å²) < 4.78 is 4.62. The molecule has 1 aromatic carbocycles. The van der Waals surface area contributed by atoms with Gasteiger partial charge in [-0.15, -0.1) is 0 Å². The maximum atomic E-state index is 11.7. The third kappa shape index (κ3) is 2.63. The van der Waals surface area contributed by atoms with E-state index in [4.69, 9.17) is 0 Å². The number of hydrogen-bond donors (Lipinski definition) is 2. The minimum Gasteiger partial charge on any atom is -0.363 e. The highest BCUT2D eigenvalue weighted by molar-refractivity contribution is 6.00. The van der Waals surface area contributed by atoms with Crippen molar-refractivity contribution in [2.75, 3.05) is 10.6 Å². The molecule has 88 valence electrons. The van der Waals surface area contributed by atoms with Gasteiger partial charge in [0.25, 0.3) is 0 Å². The standard InChI is InChI=1S/C12H13N3O2/c1-8-4-3-5-9(2)11(8)14-12(16)13-10-6-7-17-15-10/h3-7H,1-2H3,(H2,13,14,15,16). The van der Waals surface area contributed by atoms with Crippen LogP contribution in [-0.2, 0) is 0 Å². The molecule has 5 heteroatoms. The summed E-state index contributed by atoms with van der Waals surface area (Å²) in [7, 11) is 0.